The Labute approximate surface area is 188 Å². The van der Waals surface area contributed by atoms with Gasteiger partial charge in [-0.3, -0.25) is 4.99 Å². The Hall–Kier alpha value is -3.39. The van der Waals surface area contributed by atoms with E-state index in [4.69, 9.17) is 4.99 Å². The second-order valence-corrected chi connectivity index (χ2v) is 7.59. The molecule has 2 rings (SSSR count). The molecule has 0 amide bonds. The first kappa shape index (κ1) is 23.9. The summed E-state index contributed by atoms with van der Waals surface area (Å²) >= 11 is 0. The molecule has 1 aliphatic rings. The van der Waals surface area contributed by atoms with Crippen molar-refractivity contribution < 1.29 is 0 Å². The Bertz CT molecular complexity index is 1020. The highest BCUT2D eigenvalue weighted by Gasteiger charge is 2.21. The van der Waals surface area contributed by atoms with Crippen LogP contribution in [0.5, 0.6) is 0 Å². The quantitative estimate of drug-likeness (QED) is 0.414. The number of benzene rings is 1. The van der Waals surface area contributed by atoms with Crippen LogP contribution in [0.25, 0.3) is 0 Å². The number of allylic oxidation sites excluding steroid dienone is 9. The van der Waals surface area contributed by atoms with E-state index in [0.717, 1.165) is 45.8 Å². The maximum Gasteiger partial charge on any atom is 0.0729 e. The molecule has 0 spiro atoms. The van der Waals surface area contributed by atoms with Gasteiger partial charge < -0.3 is 5.32 Å². The van der Waals surface area contributed by atoms with Gasteiger partial charge >= 0.3 is 0 Å². The minimum absolute atomic E-state index is 0.678. The van der Waals surface area contributed by atoms with Crippen molar-refractivity contribution in [3.63, 3.8) is 0 Å². The van der Waals surface area contributed by atoms with E-state index in [1.165, 1.54) is 11.1 Å². The number of aryl methyl sites for hydroxylation is 1. The van der Waals surface area contributed by atoms with Crippen LogP contribution in [0.3, 0.4) is 0 Å². The van der Waals surface area contributed by atoms with Crippen LogP contribution in [0.1, 0.15) is 31.9 Å². The van der Waals surface area contributed by atoms with Gasteiger partial charge in [-0.2, -0.15) is 0 Å². The van der Waals surface area contributed by atoms with Gasteiger partial charge in [0.15, 0.2) is 0 Å². The van der Waals surface area contributed by atoms with Crippen molar-refractivity contribution in [1.82, 2.24) is 5.32 Å². The summed E-state index contributed by atoms with van der Waals surface area (Å²) in [4.78, 5) is 4.79. The number of nitrogens with zero attached hydrogens (tertiary/aromatic N) is 1. The molecule has 1 heterocycles. The van der Waals surface area contributed by atoms with Crippen molar-refractivity contribution in [2.75, 3.05) is 13.1 Å². The Kier molecular flexibility index (Phi) is 9.02. The van der Waals surface area contributed by atoms with E-state index >= 15 is 0 Å². The van der Waals surface area contributed by atoms with Crippen LogP contribution < -0.4 is 5.32 Å². The highest BCUT2D eigenvalue weighted by atomic mass is 14.9. The summed E-state index contributed by atoms with van der Waals surface area (Å²) in [5, 5.41) is 3.33. The fourth-order valence-electron chi connectivity index (χ4n) is 3.30. The van der Waals surface area contributed by atoms with Crippen LogP contribution in [-0.2, 0) is 0 Å². The summed E-state index contributed by atoms with van der Waals surface area (Å²) in [5.41, 5.74) is 9.78. The highest BCUT2D eigenvalue weighted by Crippen LogP contribution is 2.30. The molecule has 0 fully saturated rings. The predicted octanol–water partition coefficient (Wildman–Crippen LogP) is 6.96. The minimum Gasteiger partial charge on any atom is -0.381 e. The van der Waals surface area contributed by atoms with Crippen LogP contribution in [0.4, 0.5) is 0 Å². The smallest absolute Gasteiger partial charge is 0.0729 e. The molecule has 0 aromatic heterocycles. The second kappa shape index (κ2) is 11.7. The molecular weight excluding hydrogens is 376 g/mol. The molecule has 1 aromatic rings. The molecule has 0 unspecified atom stereocenters. The minimum atomic E-state index is 0.678. The van der Waals surface area contributed by atoms with Gasteiger partial charge in [-0.1, -0.05) is 86.0 Å². The molecule has 0 bridgehead atoms. The Morgan fingerprint density at radius 3 is 2.42 bits per heavy atom. The second-order valence-electron chi connectivity index (χ2n) is 7.59. The van der Waals surface area contributed by atoms with E-state index in [1.54, 1.807) is 0 Å². The highest BCUT2D eigenvalue weighted by molar-refractivity contribution is 6.17. The molecule has 0 aliphatic carbocycles. The summed E-state index contributed by atoms with van der Waals surface area (Å²) in [7, 11) is 0. The number of hydrogen-bond donors (Lipinski definition) is 1. The van der Waals surface area contributed by atoms with Crippen LogP contribution >= 0.6 is 0 Å². The number of hydrogen-bond acceptors (Lipinski definition) is 2. The SMILES string of the molecule is C=C/C(=C\C=C/C)CNC(=C)/C=C/C(=C\C)C(=C)C1=C(C)CN=C1c1ccc(C)cc1. The predicted molar refractivity (Wildman–Crippen MR) is 138 cm³/mol. The van der Waals surface area contributed by atoms with Crippen LogP contribution in [0, 0.1) is 6.92 Å². The van der Waals surface area contributed by atoms with Gasteiger partial charge in [-0.25, -0.2) is 0 Å². The van der Waals surface area contributed by atoms with Gasteiger partial charge in [0, 0.05) is 23.4 Å². The molecule has 2 nitrogen and oxygen atoms in total. The van der Waals surface area contributed by atoms with E-state index in [-0.39, 0.29) is 0 Å². The summed E-state index contributed by atoms with van der Waals surface area (Å²) in [5.74, 6) is 0. The standard InChI is InChI=1S/C29H34N2/c1-8-11-12-25(9-2)20-30-23(6)15-18-26(10-3)24(7)28-22(5)19-31-29(28)27-16-13-21(4)14-17-27/h8-18,30H,2,6-7,19-20H2,1,3-5H3/b11-8-,18-15+,25-12+,26-10+. The van der Waals surface area contributed by atoms with Gasteiger partial charge in [0.1, 0.15) is 0 Å². The zero-order valence-corrected chi connectivity index (χ0v) is 19.3. The molecular formula is C29H34N2. The third kappa shape index (κ3) is 6.55. The molecule has 31 heavy (non-hydrogen) atoms. The third-order valence-corrected chi connectivity index (χ3v) is 5.17. The average Bonchev–Trinajstić information content (AvgIpc) is 3.16. The van der Waals surface area contributed by atoms with E-state index < -0.39 is 0 Å². The first-order valence-corrected chi connectivity index (χ1v) is 10.6. The summed E-state index contributed by atoms with van der Waals surface area (Å²) in [6, 6.07) is 8.52. The lowest BCUT2D eigenvalue weighted by Crippen LogP contribution is -2.13. The Morgan fingerprint density at radius 1 is 1.10 bits per heavy atom. The van der Waals surface area contributed by atoms with Gasteiger partial charge in [0.2, 0.25) is 0 Å². The fourth-order valence-corrected chi connectivity index (χ4v) is 3.30. The monoisotopic (exact) mass is 410 g/mol. The summed E-state index contributed by atoms with van der Waals surface area (Å²) in [6.07, 6.45) is 14.0. The molecule has 0 saturated carbocycles. The molecule has 0 saturated heterocycles. The van der Waals surface area contributed by atoms with Crippen molar-refractivity contribution in [2.45, 2.75) is 27.7 Å². The topological polar surface area (TPSA) is 24.4 Å². The molecule has 1 N–H and O–H groups in total. The average molecular weight is 411 g/mol. The normalized spacial score (nSPS) is 15.0. The van der Waals surface area contributed by atoms with Crippen LogP contribution in [0.2, 0.25) is 0 Å². The largest absolute Gasteiger partial charge is 0.381 e. The number of nitrogens with one attached hydrogen (secondary N) is 1. The van der Waals surface area contributed by atoms with Crippen molar-refractivity contribution in [1.29, 1.82) is 0 Å². The molecule has 0 atom stereocenters. The first-order valence-electron chi connectivity index (χ1n) is 10.6. The van der Waals surface area contributed by atoms with Gasteiger partial charge in [-0.05, 0) is 56.1 Å². The maximum atomic E-state index is 4.79. The van der Waals surface area contributed by atoms with E-state index in [0.29, 0.717) is 6.54 Å². The van der Waals surface area contributed by atoms with E-state index in [2.05, 4.69) is 75.3 Å². The van der Waals surface area contributed by atoms with E-state index in [1.807, 2.05) is 44.2 Å². The maximum absolute atomic E-state index is 4.79. The number of rotatable bonds is 10. The molecule has 160 valence electrons. The Morgan fingerprint density at radius 2 is 1.81 bits per heavy atom. The zero-order valence-electron chi connectivity index (χ0n) is 19.3. The Balaban J connectivity index is 2.13. The molecule has 2 heteroatoms. The summed E-state index contributed by atoms with van der Waals surface area (Å²) in [6.45, 7) is 22.1. The van der Waals surface area contributed by atoms with Crippen molar-refractivity contribution in [3.8, 4) is 0 Å². The lowest BCUT2D eigenvalue weighted by atomic mass is 9.90. The molecule has 1 aliphatic heterocycles. The lowest BCUT2D eigenvalue weighted by molar-refractivity contribution is 0.915. The lowest BCUT2D eigenvalue weighted by Gasteiger charge is -2.14. The molecule has 0 radical (unpaired) electrons. The first-order chi connectivity index (χ1) is 14.9. The van der Waals surface area contributed by atoms with Gasteiger partial charge in [-0.15, -0.1) is 0 Å². The number of aliphatic imine (C=N–C) groups is 1. The van der Waals surface area contributed by atoms with Crippen molar-refractivity contribution in [3.05, 3.63) is 131 Å². The van der Waals surface area contributed by atoms with Gasteiger partial charge in [0.05, 0.1) is 12.3 Å². The van der Waals surface area contributed by atoms with Crippen LogP contribution in [0.15, 0.2) is 125 Å². The van der Waals surface area contributed by atoms with Crippen LogP contribution in [-0.4, -0.2) is 18.8 Å². The van der Waals surface area contributed by atoms with Gasteiger partial charge in [0.25, 0.3) is 0 Å². The summed E-state index contributed by atoms with van der Waals surface area (Å²) < 4.78 is 0. The zero-order chi connectivity index (χ0) is 22.8. The van der Waals surface area contributed by atoms with Crippen molar-refractivity contribution >= 4 is 5.71 Å². The molecule has 1 aromatic carbocycles. The third-order valence-electron chi connectivity index (χ3n) is 5.17. The van der Waals surface area contributed by atoms with E-state index in [9.17, 15) is 0 Å². The van der Waals surface area contributed by atoms with Crippen molar-refractivity contribution in [2.24, 2.45) is 4.99 Å². The fraction of sp³-hybridized carbons (Fsp3) is 0.207.